The van der Waals surface area contributed by atoms with E-state index in [4.69, 9.17) is 5.73 Å². The summed E-state index contributed by atoms with van der Waals surface area (Å²) in [5.74, 6) is 0.778. The van der Waals surface area contributed by atoms with Gasteiger partial charge in [-0.1, -0.05) is 13.0 Å². The Hall–Kier alpha value is -0.0800. The van der Waals surface area contributed by atoms with E-state index >= 15 is 0 Å². The molecule has 1 aromatic rings. The Balaban J connectivity index is 3.21. The fourth-order valence-electron chi connectivity index (χ4n) is 1.90. The topological polar surface area (TPSA) is 63.4 Å². The Morgan fingerprint density at radius 1 is 1.45 bits per heavy atom. The number of thioether (sulfide) groups is 1. The van der Waals surface area contributed by atoms with E-state index in [0.29, 0.717) is 11.0 Å². The predicted molar refractivity (Wildman–Crippen MR) is 89.4 cm³/mol. The van der Waals surface area contributed by atoms with Crippen molar-refractivity contribution in [3.8, 4) is 0 Å². The lowest BCUT2D eigenvalue weighted by Gasteiger charge is -2.26. The van der Waals surface area contributed by atoms with Gasteiger partial charge in [0.25, 0.3) is 0 Å². The van der Waals surface area contributed by atoms with Gasteiger partial charge >= 0.3 is 0 Å². The largest absolute Gasteiger partial charge is 0.326 e. The molecule has 7 heteroatoms. The summed E-state index contributed by atoms with van der Waals surface area (Å²) in [5, 5.41) is 0. The van der Waals surface area contributed by atoms with Crippen molar-refractivity contribution < 1.29 is 8.42 Å². The van der Waals surface area contributed by atoms with Crippen LogP contribution in [0, 0.1) is 0 Å². The minimum Gasteiger partial charge on any atom is -0.326 e. The number of sulfonamides is 1. The quantitative estimate of drug-likeness (QED) is 0.789. The Morgan fingerprint density at radius 3 is 2.60 bits per heavy atom. The van der Waals surface area contributed by atoms with Crippen molar-refractivity contribution in [2.45, 2.75) is 30.8 Å². The fraction of sp³-hybridized carbons (Fsp3) is 0.538. The molecule has 0 spiro atoms. The van der Waals surface area contributed by atoms with E-state index in [0.717, 1.165) is 17.7 Å². The Kier molecular flexibility index (Phi) is 7.00. The molecule has 0 radical (unpaired) electrons. The van der Waals surface area contributed by atoms with E-state index in [2.05, 4.69) is 15.9 Å². The van der Waals surface area contributed by atoms with Crippen LogP contribution < -0.4 is 5.73 Å². The molecule has 114 valence electrons. The summed E-state index contributed by atoms with van der Waals surface area (Å²) >= 11 is 4.97. The molecule has 0 aliphatic carbocycles. The van der Waals surface area contributed by atoms with Crippen LogP contribution in [0.25, 0.3) is 0 Å². The van der Waals surface area contributed by atoms with E-state index in [1.165, 1.54) is 4.31 Å². The van der Waals surface area contributed by atoms with Gasteiger partial charge < -0.3 is 5.73 Å². The SMILES string of the molecule is CCC(CSC)N(C)S(=O)(=O)c1cc(CN)ccc1Br. The number of nitrogens with two attached hydrogens (primary N) is 1. The van der Waals surface area contributed by atoms with Crippen molar-refractivity contribution in [3.05, 3.63) is 28.2 Å². The van der Waals surface area contributed by atoms with E-state index in [9.17, 15) is 8.42 Å². The van der Waals surface area contributed by atoms with Gasteiger partial charge in [0.1, 0.15) is 0 Å². The van der Waals surface area contributed by atoms with Gasteiger partial charge in [-0.3, -0.25) is 0 Å². The molecule has 20 heavy (non-hydrogen) atoms. The van der Waals surface area contributed by atoms with Crippen molar-refractivity contribution in [2.75, 3.05) is 19.1 Å². The van der Waals surface area contributed by atoms with Crippen LogP contribution in [-0.4, -0.2) is 37.8 Å². The molecule has 0 aromatic heterocycles. The molecule has 0 fully saturated rings. The Morgan fingerprint density at radius 2 is 2.10 bits per heavy atom. The first-order chi connectivity index (χ1) is 9.38. The lowest BCUT2D eigenvalue weighted by molar-refractivity contribution is 0.385. The molecule has 1 aromatic carbocycles. The Bertz CT molecular complexity index is 549. The third-order valence-electron chi connectivity index (χ3n) is 3.23. The summed E-state index contributed by atoms with van der Waals surface area (Å²) < 4.78 is 27.5. The van der Waals surface area contributed by atoms with Crippen molar-refractivity contribution in [1.82, 2.24) is 4.31 Å². The van der Waals surface area contributed by atoms with Crippen molar-refractivity contribution in [2.24, 2.45) is 5.73 Å². The second-order valence-electron chi connectivity index (χ2n) is 4.51. The van der Waals surface area contributed by atoms with E-state index in [-0.39, 0.29) is 10.9 Å². The maximum Gasteiger partial charge on any atom is 0.244 e. The molecule has 0 amide bonds. The van der Waals surface area contributed by atoms with Crippen molar-refractivity contribution in [1.29, 1.82) is 0 Å². The normalized spacial score (nSPS) is 13.7. The molecule has 0 saturated heterocycles. The summed E-state index contributed by atoms with van der Waals surface area (Å²) in [6.45, 7) is 2.32. The van der Waals surface area contributed by atoms with E-state index < -0.39 is 10.0 Å². The van der Waals surface area contributed by atoms with E-state index in [1.807, 2.05) is 19.2 Å². The van der Waals surface area contributed by atoms with Gasteiger partial charge in [0.05, 0.1) is 4.90 Å². The van der Waals surface area contributed by atoms with Crippen molar-refractivity contribution >= 4 is 37.7 Å². The third-order valence-corrected chi connectivity index (χ3v) is 6.85. The van der Waals surface area contributed by atoms with Gasteiger partial charge in [0.2, 0.25) is 10.0 Å². The summed E-state index contributed by atoms with van der Waals surface area (Å²) in [6.07, 6.45) is 2.76. The zero-order valence-corrected chi connectivity index (χ0v) is 15.2. The number of rotatable bonds is 7. The first-order valence-corrected chi connectivity index (χ1v) is 9.96. The molecule has 1 atom stereocenters. The highest BCUT2D eigenvalue weighted by Gasteiger charge is 2.28. The first kappa shape index (κ1) is 18.0. The molecular weight excluding hydrogens is 360 g/mol. The van der Waals surface area contributed by atoms with E-state index in [1.54, 1.807) is 30.9 Å². The van der Waals surface area contributed by atoms with Crippen molar-refractivity contribution in [3.63, 3.8) is 0 Å². The summed E-state index contributed by atoms with van der Waals surface area (Å²) in [7, 11) is -1.88. The molecular formula is C13H21BrN2O2S2. The molecule has 0 heterocycles. The second-order valence-corrected chi connectivity index (χ2v) is 8.24. The highest BCUT2D eigenvalue weighted by atomic mass is 79.9. The zero-order valence-electron chi connectivity index (χ0n) is 12.0. The zero-order chi connectivity index (χ0) is 15.3. The molecule has 0 saturated carbocycles. The average Bonchev–Trinajstić information content (AvgIpc) is 2.44. The summed E-state index contributed by atoms with van der Waals surface area (Å²) in [5.41, 5.74) is 6.40. The average molecular weight is 381 g/mol. The molecule has 0 aliphatic rings. The van der Waals surface area contributed by atoms with Gasteiger partial charge in [-0.15, -0.1) is 0 Å². The van der Waals surface area contributed by atoms with Gasteiger partial charge in [-0.05, 0) is 46.3 Å². The lowest BCUT2D eigenvalue weighted by atomic mass is 10.2. The first-order valence-electron chi connectivity index (χ1n) is 6.33. The minimum absolute atomic E-state index is 0.0107. The van der Waals surface area contributed by atoms with Crippen LogP contribution in [-0.2, 0) is 16.6 Å². The van der Waals surface area contributed by atoms with Crippen LogP contribution in [0.3, 0.4) is 0 Å². The van der Waals surface area contributed by atoms with Crippen LogP contribution in [0.2, 0.25) is 0 Å². The number of hydrogen-bond donors (Lipinski definition) is 1. The second kappa shape index (κ2) is 7.79. The van der Waals surface area contributed by atoms with Crippen LogP contribution in [0.15, 0.2) is 27.6 Å². The number of benzene rings is 1. The molecule has 1 unspecified atom stereocenters. The number of hydrogen-bond acceptors (Lipinski definition) is 4. The highest BCUT2D eigenvalue weighted by molar-refractivity contribution is 9.10. The molecule has 0 aliphatic heterocycles. The molecule has 0 bridgehead atoms. The smallest absolute Gasteiger partial charge is 0.244 e. The summed E-state index contributed by atoms with van der Waals surface area (Å²) in [6, 6.07) is 5.19. The van der Waals surface area contributed by atoms with Crippen LogP contribution in [0.1, 0.15) is 18.9 Å². The molecule has 4 nitrogen and oxygen atoms in total. The van der Waals surface area contributed by atoms with Gasteiger partial charge in [0, 0.05) is 29.9 Å². The van der Waals surface area contributed by atoms with Gasteiger partial charge in [-0.25, -0.2) is 8.42 Å². The minimum atomic E-state index is -3.52. The molecule has 2 N–H and O–H groups in total. The predicted octanol–water partition coefficient (Wildman–Crippen LogP) is 2.67. The van der Waals surface area contributed by atoms with Crippen LogP contribution >= 0.6 is 27.7 Å². The third kappa shape index (κ3) is 3.98. The maximum atomic E-state index is 12.7. The molecule has 1 rings (SSSR count). The van der Waals surface area contributed by atoms with Gasteiger partial charge in [0.15, 0.2) is 0 Å². The Labute approximate surface area is 134 Å². The van der Waals surface area contributed by atoms with Crippen LogP contribution in [0.5, 0.6) is 0 Å². The lowest BCUT2D eigenvalue weighted by Crippen LogP contribution is -2.38. The number of nitrogens with zero attached hydrogens (tertiary/aromatic N) is 1. The monoisotopic (exact) mass is 380 g/mol. The summed E-state index contributed by atoms with van der Waals surface area (Å²) in [4.78, 5) is 0.280. The van der Waals surface area contributed by atoms with Crippen LogP contribution in [0.4, 0.5) is 0 Å². The number of halogens is 1. The highest BCUT2D eigenvalue weighted by Crippen LogP contribution is 2.27. The standard InChI is InChI=1S/C13H21BrN2O2S2/c1-4-11(9-19-3)16(2)20(17,18)13-7-10(8-15)5-6-12(13)14/h5-7,11H,4,8-9,15H2,1-3H3. The maximum absolute atomic E-state index is 12.7. The van der Waals surface area contributed by atoms with Gasteiger partial charge in [-0.2, -0.15) is 16.1 Å². The fourth-order valence-corrected chi connectivity index (χ4v) is 5.24.